The minimum atomic E-state index is -0.369. The van der Waals surface area contributed by atoms with Gasteiger partial charge in [-0.3, -0.25) is 19.5 Å². The van der Waals surface area contributed by atoms with Gasteiger partial charge in [-0.1, -0.05) is 11.6 Å². The van der Waals surface area contributed by atoms with Crippen LogP contribution in [0.1, 0.15) is 41.1 Å². The summed E-state index contributed by atoms with van der Waals surface area (Å²) in [6.07, 6.45) is 6.13. The molecule has 0 atom stereocenters. The molecule has 1 saturated heterocycles. The molecule has 198 valence electrons. The van der Waals surface area contributed by atoms with E-state index in [9.17, 15) is 9.59 Å². The molecule has 38 heavy (non-hydrogen) atoms. The second kappa shape index (κ2) is 10.4. The lowest BCUT2D eigenvalue weighted by molar-refractivity contribution is -0.122. The molecule has 0 unspecified atom stereocenters. The normalized spacial score (nSPS) is 16.7. The molecular weight excluding hydrogens is 512 g/mol. The van der Waals surface area contributed by atoms with Crippen molar-refractivity contribution in [2.45, 2.75) is 33.2 Å². The summed E-state index contributed by atoms with van der Waals surface area (Å²) in [5.74, 6) is 1.00. The van der Waals surface area contributed by atoms with Gasteiger partial charge in [0.2, 0.25) is 11.9 Å². The molecule has 2 aliphatic rings. The highest BCUT2D eigenvalue weighted by Crippen LogP contribution is 2.41. The number of nitrogens with zero attached hydrogens (tertiary/aromatic N) is 5. The van der Waals surface area contributed by atoms with Gasteiger partial charge in [0.1, 0.15) is 16.7 Å². The summed E-state index contributed by atoms with van der Waals surface area (Å²) in [5, 5.41) is 2.86. The third-order valence-corrected chi connectivity index (χ3v) is 6.92. The van der Waals surface area contributed by atoms with Crippen molar-refractivity contribution < 1.29 is 19.1 Å². The first-order chi connectivity index (χ1) is 18.3. The highest BCUT2D eigenvalue weighted by molar-refractivity contribution is 6.41. The first-order valence-electron chi connectivity index (χ1n) is 12.1. The fraction of sp³-hybridized carbons (Fsp3) is 0.360. The number of nitrogens with one attached hydrogen (secondary N) is 2. The average molecular weight is 539 g/mol. The van der Waals surface area contributed by atoms with Crippen LogP contribution in [0.15, 0.2) is 12.4 Å². The second-order valence-corrected chi connectivity index (χ2v) is 9.47. The van der Waals surface area contributed by atoms with Crippen LogP contribution in [0.3, 0.4) is 0 Å². The monoisotopic (exact) mass is 538 g/mol. The molecule has 2 amide bonds. The maximum Gasteiger partial charge on any atom is 0.260 e. The van der Waals surface area contributed by atoms with Crippen molar-refractivity contribution >= 4 is 52.6 Å². The number of H-pyrrole nitrogens is 1. The molecule has 0 radical (unpaired) electrons. The summed E-state index contributed by atoms with van der Waals surface area (Å²) in [7, 11) is 1.59. The molecule has 5 rings (SSSR count). The number of anilines is 3. The van der Waals surface area contributed by atoms with Gasteiger partial charge in [0.25, 0.3) is 5.91 Å². The Morgan fingerprint density at radius 2 is 2.08 bits per heavy atom. The summed E-state index contributed by atoms with van der Waals surface area (Å²) < 4.78 is 10.8. The summed E-state index contributed by atoms with van der Waals surface area (Å²) in [5.41, 5.74) is 8.77. The number of amides is 2. The smallest absolute Gasteiger partial charge is 0.260 e. The topological polar surface area (TPSA) is 161 Å². The Bertz CT molecular complexity index is 1450. The van der Waals surface area contributed by atoms with Crippen LogP contribution in [0.2, 0.25) is 5.15 Å². The minimum absolute atomic E-state index is 0.0420. The van der Waals surface area contributed by atoms with Crippen molar-refractivity contribution in [1.29, 1.82) is 0 Å². The summed E-state index contributed by atoms with van der Waals surface area (Å²) in [6.45, 7) is 5.02. The molecular formula is C25H27ClN8O4. The predicted molar refractivity (Wildman–Crippen MR) is 142 cm³/mol. The zero-order chi connectivity index (χ0) is 27.0. The van der Waals surface area contributed by atoms with E-state index in [1.54, 1.807) is 25.6 Å². The van der Waals surface area contributed by atoms with E-state index < -0.39 is 0 Å². The molecule has 5 heterocycles. The molecule has 0 saturated carbocycles. The summed E-state index contributed by atoms with van der Waals surface area (Å²) >= 11 is 6.44. The van der Waals surface area contributed by atoms with Crippen LogP contribution in [0.25, 0.3) is 11.6 Å². The number of halogens is 1. The summed E-state index contributed by atoms with van der Waals surface area (Å²) in [4.78, 5) is 48.0. The highest BCUT2D eigenvalue weighted by Gasteiger charge is 2.38. The molecule has 0 aliphatic carbocycles. The Kier molecular flexibility index (Phi) is 7.00. The number of ether oxygens (including phenoxy) is 2. The molecule has 0 spiro atoms. The summed E-state index contributed by atoms with van der Waals surface area (Å²) in [6, 6.07) is 0. The van der Waals surface area contributed by atoms with Gasteiger partial charge in [-0.05, 0) is 32.8 Å². The number of pyridine rings is 1. The maximum absolute atomic E-state index is 13.7. The standard InChI is InChI=1S/C25H27ClN8O4/c1-12-9-28-16(13(2)20(12)37-3)11-34-22-19(21(26)32-25(27)33-22)15(24(34)36)8-17-29-10-18(30-17)31-23(35)14-4-6-38-7-5-14/h8-10,14H,4-7,11H2,1-3H3,(H,29,30)(H,31,35)(H2,27,32,33). The predicted octanol–water partition coefficient (Wildman–Crippen LogP) is 2.91. The van der Waals surface area contributed by atoms with E-state index in [-0.39, 0.29) is 46.8 Å². The Morgan fingerprint density at radius 3 is 2.82 bits per heavy atom. The number of aryl methyl sites for hydroxylation is 1. The van der Waals surface area contributed by atoms with Crippen LogP contribution in [0.4, 0.5) is 17.6 Å². The van der Waals surface area contributed by atoms with E-state index >= 15 is 0 Å². The van der Waals surface area contributed by atoms with Crippen LogP contribution in [-0.2, 0) is 20.9 Å². The molecule has 13 heteroatoms. The minimum Gasteiger partial charge on any atom is -0.496 e. The zero-order valence-corrected chi connectivity index (χ0v) is 21.9. The zero-order valence-electron chi connectivity index (χ0n) is 21.2. The van der Waals surface area contributed by atoms with Crippen LogP contribution in [0.5, 0.6) is 5.75 Å². The third-order valence-electron chi connectivity index (χ3n) is 6.64. The van der Waals surface area contributed by atoms with E-state index in [0.29, 0.717) is 54.7 Å². The number of aromatic amines is 1. The van der Waals surface area contributed by atoms with E-state index in [2.05, 4.69) is 30.2 Å². The molecule has 4 N–H and O–H groups in total. The van der Waals surface area contributed by atoms with Crippen molar-refractivity contribution in [1.82, 2.24) is 24.9 Å². The van der Waals surface area contributed by atoms with Gasteiger partial charge in [0.15, 0.2) is 11.6 Å². The first-order valence-corrected chi connectivity index (χ1v) is 12.4. The number of fused-ring (bicyclic) bond motifs is 1. The number of hydrogen-bond donors (Lipinski definition) is 3. The Balaban J connectivity index is 1.45. The molecule has 3 aromatic rings. The van der Waals surface area contributed by atoms with Crippen molar-refractivity contribution in [2.75, 3.05) is 36.3 Å². The van der Waals surface area contributed by atoms with Crippen molar-refractivity contribution in [2.24, 2.45) is 5.92 Å². The van der Waals surface area contributed by atoms with Crippen molar-refractivity contribution in [3.8, 4) is 5.75 Å². The maximum atomic E-state index is 13.7. The van der Waals surface area contributed by atoms with Gasteiger partial charge in [-0.15, -0.1) is 0 Å². The first kappa shape index (κ1) is 25.6. The molecule has 0 bridgehead atoms. The third kappa shape index (κ3) is 4.79. The Labute approximate surface area is 223 Å². The van der Waals surface area contributed by atoms with Crippen LogP contribution < -0.4 is 20.7 Å². The van der Waals surface area contributed by atoms with Crippen LogP contribution in [0, 0.1) is 19.8 Å². The molecule has 2 aliphatic heterocycles. The number of imidazole rings is 1. The number of rotatable bonds is 6. The number of nitrogens with two attached hydrogens (primary N) is 1. The highest BCUT2D eigenvalue weighted by atomic mass is 35.5. The molecule has 0 aromatic carbocycles. The van der Waals surface area contributed by atoms with E-state index in [1.165, 1.54) is 4.90 Å². The van der Waals surface area contributed by atoms with E-state index in [0.717, 1.165) is 11.1 Å². The Morgan fingerprint density at radius 1 is 1.32 bits per heavy atom. The molecule has 3 aromatic heterocycles. The van der Waals surface area contributed by atoms with Crippen LogP contribution >= 0.6 is 11.6 Å². The van der Waals surface area contributed by atoms with E-state index in [4.69, 9.17) is 26.8 Å². The molecule has 12 nitrogen and oxygen atoms in total. The lowest BCUT2D eigenvalue weighted by Crippen LogP contribution is -2.28. The van der Waals surface area contributed by atoms with Crippen molar-refractivity contribution in [3.05, 3.63) is 45.8 Å². The van der Waals surface area contributed by atoms with Gasteiger partial charge in [-0.25, -0.2) is 9.97 Å². The Hall–Kier alpha value is -4.03. The lowest BCUT2D eigenvalue weighted by atomic mass is 9.99. The van der Waals surface area contributed by atoms with E-state index in [1.807, 2.05) is 13.8 Å². The molecule has 1 fully saturated rings. The number of carbonyl (C=O) groups is 2. The van der Waals surface area contributed by atoms with Crippen molar-refractivity contribution in [3.63, 3.8) is 0 Å². The average Bonchev–Trinajstić information content (AvgIpc) is 3.44. The number of aromatic nitrogens is 5. The lowest BCUT2D eigenvalue weighted by Gasteiger charge is -2.20. The second-order valence-electron chi connectivity index (χ2n) is 9.11. The largest absolute Gasteiger partial charge is 0.496 e. The number of carbonyl (C=O) groups excluding carboxylic acids is 2. The fourth-order valence-electron chi connectivity index (χ4n) is 4.67. The quantitative estimate of drug-likeness (QED) is 0.316. The SMILES string of the molecule is COc1c(C)cnc(CN2C(=O)C(=Cc3nc(NC(=O)C4CCOCC4)c[nH]3)c3c(Cl)nc(N)nc32)c1C. The number of nitrogen functional groups attached to an aromatic ring is 1. The van der Waals surface area contributed by atoms with Crippen LogP contribution in [-0.4, -0.2) is 57.1 Å². The van der Waals surface area contributed by atoms with Gasteiger partial charge >= 0.3 is 0 Å². The van der Waals surface area contributed by atoms with Gasteiger partial charge in [0.05, 0.1) is 30.5 Å². The van der Waals surface area contributed by atoms with Gasteiger partial charge in [0, 0.05) is 42.7 Å². The number of methoxy groups -OCH3 is 1. The van der Waals surface area contributed by atoms with Gasteiger partial charge < -0.3 is 25.5 Å². The number of hydrogen-bond acceptors (Lipinski definition) is 9. The fourth-order valence-corrected chi connectivity index (χ4v) is 4.95. The van der Waals surface area contributed by atoms with Gasteiger partial charge in [-0.2, -0.15) is 4.98 Å².